The Kier molecular flexibility index (Phi) is 3.46. The molecule has 4 heteroatoms. The molecule has 4 bridgehead atoms. The van der Waals surface area contributed by atoms with Gasteiger partial charge in [0.1, 0.15) is 0 Å². The second kappa shape index (κ2) is 5.24. The lowest BCUT2D eigenvalue weighted by atomic mass is 9.49. The van der Waals surface area contributed by atoms with Gasteiger partial charge in [0.25, 0.3) is 5.91 Å². The van der Waals surface area contributed by atoms with Crippen molar-refractivity contribution in [1.29, 1.82) is 0 Å². The van der Waals surface area contributed by atoms with Gasteiger partial charge in [0.2, 0.25) is 0 Å². The van der Waals surface area contributed by atoms with Gasteiger partial charge in [-0.15, -0.1) is 0 Å². The number of carbonyl (C=O) groups excluding carboxylic acids is 2. The summed E-state index contributed by atoms with van der Waals surface area (Å²) in [5, 5.41) is 2.90. The Morgan fingerprint density at radius 3 is 2.14 bits per heavy atom. The number of esters is 1. The molecule has 22 heavy (non-hydrogen) atoms. The third-order valence-corrected chi connectivity index (χ3v) is 6.29. The van der Waals surface area contributed by atoms with E-state index in [-0.39, 0.29) is 17.3 Å². The molecule has 0 radical (unpaired) electrons. The lowest BCUT2D eigenvalue weighted by Crippen LogP contribution is -2.47. The minimum absolute atomic E-state index is 0.138. The summed E-state index contributed by atoms with van der Waals surface area (Å²) in [7, 11) is 0. The van der Waals surface area contributed by atoms with E-state index in [4.69, 9.17) is 4.74 Å². The lowest BCUT2D eigenvalue weighted by Gasteiger charge is -2.56. The van der Waals surface area contributed by atoms with Crippen LogP contribution in [-0.2, 0) is 14.3 Å². The molecule has 0 unspecified atom stereocenters. The van der Waals surface area contributed by atoms with E-state index in [0.717, 1.165) is 30.6 Å². The highest BCUT2D eigenvalue weighted by molar-refractivity contribution is 5.83. The van der Waals surface area contributed by atoms with E-state index in [1.54, 1.807) is 6.92 Å². The molecule has 5 saturated carbocycles. The highest BCUT2D eigenvalue weighted by atomic mass is 16.5. The van der Waals surface area contributed by atoms with Crippen LogP contribution in [0.4, 0.5) is 0 Å². The van der Waals surface area contributed by atoms with Gasteiger partial charge >= 0.3 is 5.97 Å². The molecule has 0 saturated heterocycles. The first-order chi connectivity index (χ1) is 10.5. The molecule has 1 atom stereocenters. The van der Waals surface area contributed by atoms with Crippen molar-refractivity contribution >= 4 is 11.9 Å². The van der Waals surface area contributed by atoms with Crippen LogP contribution < -0.4 is 5.32 Å². The Balaban J connectivity index is 1.32. The molecule has 0 aliphatic heterocycles. The Hall–Kier alpha value is -1.06. The average Bonchev–Trinajstić information content (AvgIpc) is 3.19. The molecule has 5 aliphatic rings. The smallest absolute Gasteiger partial charge is 0.307 e. The van der Waals surface area contributed by atoms with Crippen LogP contribution in [0.15, 0.2) is 0 Å². The largest absolute Gasteiger partial charge is 0.453 e. The minimum Gasteiger partial charge on any atom is -0.453 e. The van der Waals surface area contributed by atoms with E-state index in [2.05, 4.69) is 5.32 Å². The van der Waals surface area contributed by atoms with Gasteiger partial charge < -0.3 is 10.1 Å². The number of carbonyl (C=O) groups is 2. The van der Waals surface area contributed by atoms with Crippen LogP contribution in [0.3, 0.4) is 0 Å². The summed E-state index contributed by atoms with van der Waals surface area (Å²) < 4.78 is 5.43. The van der Waals surface area contributed by atoms with E-state index in [0.29, 0.717) is 12.5 Å². The first-order valence-electron chi connectivity index (χ1n) is 9.01. The normalized spacial score (nSPS) is 40.3. The number of hydrogen-bond acceptors (Lipinski definition) is 3. The maximum atomic E-state index is 12.3. The molecule has 1 N–H and O–H groups in total. The molecule has 0 aromatic carbocycles. The Morgan fingerprint density at radius 1 is 1.09 bits per heavy atom. The average molecular weight is 305 g/mol. The van der Waals surface area contributed by atoms with E-state index in [1.807, 2.05) is 0 Å². The van der Waals surface area contributed by atoms with Crippen molar-refractivity contribution in [2.45, 2.75) is 76.9 Å². The van der Waals surface area contributed by atoms with Crippen molar-refractivity contribution in [1.82, 2.24) is 5.32 Å². The standard InChI is InChI=1S/C18H27NO3/c1-11(17(21)19-15-2-3-15)22-16(20)10-18-7-12-4-13(8-18)6-14(5-12)9-18/h11-15H,2-10H2,1H3,(H,19,21)/t11-,12?,13?,14?,18?/m1/s1. The van der Waals surface area contributed by atoms with E-state index in [9.17, 15) is 9.59 Å². The van der Waals surface area contributed by atoms with Gasteiger partial charge in [-0.25, -0.2) is 0 Å². The second-order valence-corrected chi connectivity index (χ2v) is 8.51. The van der Waals surface area contributed by atoms with Crippen LogP contribution in [0, 0.1) is 23.2 Å². The number of nitrogens with one attached hydrogen (secondary N) is 1. The molecule has 0 spiro atoms. The van der Waals surface area contributed by atoms with Gasteiger partial charge in [0.15, 0.2) is 6.10 Å². The molecule has 0 aromatic heterocycles. The van der Waals surface area contributed by atoms with Crippen LogP contribution in [0.5, 0.6) is 0 Å². The van der Waals surface area contributed by atoms with Gasteiger partial charge in [-0.05, 0) is 81.5 Å². The van der Waals surface area contributed by atoms with Crippen molar-refractivity contribution < 1.29 is 14.3 Å². The Bertz CT molecular complexity index is 447. The number of ether oxygens (including phenoxy) is 1. The lowest BCUT2D eigenvalue weighted by molar-refractivity contribution is -0.161. The zero-order valence-corrected chi connectivity index (χ0v) is 13.5. The maximum Gasteiger partial charge on any atom is 0.307 e. The highest BCUT2D eigenvalue weighted by Crippen LogP contribution is 2.61. The number of rotatable bonds is 5. The van der Waals surface area contributed by atoms with Crippen LogP contribution in [0.1, 0.15) is 64.7 Å². The van der Waals surface area contributed by atoms with Gasteiger partial charge in [-0.3, -0.25) is 9.59 Å². The van der Waals surface area contributed by atoms with Crippen LogP contribution in [-0.4, -0.2) is 24.0 Å². The second-order valence-electron chi connectivity index (χ2n) is 8.51. The highest BCUT2D eigenvalue weighted by Gasteiger charge is 2.51. The van der Waals surface area contributed by atoms with Crippen LogP contribution >= 0.6 is 0 Å². The van der Waals surface area contributed by atoms with Gasteiger partial charge in [0, 0.05) is 6.04 Å². The van der Waals surface area contributed by atoms with E-state index < -0.39 is 6.10 Å². The first kappa shape index (κ1) is 14.5. The molecule has 0 heterocycles. The van der Waals surface area contributed by atoms with E-state index >= 15 is 0 Å². The molecule has 122 valence electrons. The summed E-state index contributed by atoms with van der Waals surface area (Å²) in [6, 6.07) is 0.316. The molecule has 0 aromatic rings. The van der Waals surface area contributed by atoms with Gasteiger partial charge in [-0.2, -0.15) is 0 Å². The van der Waals surface area contributed by atoms with Crippen LogP contribution in [0.2, 0.25) is 0 Å². The molecule has 5 fully saturated rings. The molecule has 1 amide bonds. The summed E-state index contributed by atoms with van der Waals surface area (Å²) in [6.07, 6.45) is 9.75. The van der Waals surface area contributed by atoms with E-state index in [1.165, 1.54) is 38.5 Å². The monoisotopic (exact) mass is 305 g/mol. The van der Waals surface area contributed by atoms with Crippen molar-refractivity contribution in [3.8, 4) is 0 Å². The van der Waals surface area contributed by atoms with Crippen molar-refractivity contribution in [3.05, 3.63) is 0 Å². The Labute approximate surface area is 132 Å². The van der Waals surface area contributed by atoms with Crippen molar-refractivity contribution in [2.24, 2.45) is 23.2 Å². The zero-order valence-electron chi connectivity index (χ0n) is 13.5. The molecule has 5 aliphatic carbocycles. The SMILES string of the molecule is C[C@@H](OC(=O)CC12CC3CC(CC(C3)C1)C2)C(=O)NC1CC1. The molecular weight excluding hydrogens is 278 g/mol. The van der Waals surface area contributed by atoms with Gasteiger partial charge in [-0.1, -0.05) is 0 Å². The summed E-state index contributed by atoms with van der Waals surface area (Å²) in [5.41, 5.74) is 0.193. The topological polar surface area (TPSA) is 55.4 Å². The number of hydrogen-bond donors (Lipinski definition) is 1. The maximum absolute atomic E-state index is 12.3. The fraction of sp³-hybridized carbons (Fsp3) is 0.889. The predicted octanol–water partition coefficient (Wildman–Crippen LogP) is 2.80. The minimum atomic E-state index is -0.651. The summed E-state index contributed by atoms with van der Waals surface area (Å²) in [6.45, 7) is 1.69. The van der Waals surface area contributed by atoms with Crippen molar-refractivity contribution in [2.75, 3.05) is 0 Å². The third kappa shape index (κ3) is 2.89. The predicted molar refractivity (Wildman–Crippen MR) is 81.9 cm³/mol. The number of amides is 1. The quantitative estimate of drug-likeness (QED) is 0.795. The molecule has 4 nitrogen and oxygen atoms in total. The fourth-order valence-corrected chi connectivity index (χ4v) is 5.65. The fourth-order valence-electron chi connectivity index (χ4n) is 5.65. The first-order valence-corrected chi connectivity index (χ1v) is 9.01. The van der Waals surface area contributed by atoms with Gasteiger partial charge in [0.05, 0.1) is 6.42 Å². The van der Waals surface area contributed by atoms with Crippen LogP contribution in [0.25, 0.3) is 0 Å². The van der Waals surface area contributed by atoms with Crippen molar-refractivity contribution in [3.63, 3.8) is 0 Å². The third-order valence-electron chi connectivity index (χ3n) is 6.29. The summed E-state index contributed by atoms with van der Waals surface area (Å²) >= 11 is 0. The Morgan fingerprint density at radius 2 is 1.64 bits per heavy atom. The summed E-state index contributed by atoms with van der Waals surface area (Å²) in [5.74, 6) is 2.22. The molecule has 5 rings (SSSR count). The zero-order chi connectivity index (χ0) is 15.3. The molecular formula is C18H27NO3. The summed E-state index contributed by atoms with van der Waals surface area (Å²) in [4.78, 5) is 24.2.